The van der Waals surface area contributed by atoms with Gasteiger partial charge in [-0.2, -0.15) is 4.39 Å². The van der Waals surface area contributed by atoms with E-state index in [-0.39, 0.29) is 41.3 Å². The van der Waals surface area contributed by atoms with Crippen LogP contribution < -0.4 is 10.2 Å². The molecular formula is C31H40FN5O5S. The monoisotopic (exact) mass is 613 g/mol. The summed E-state index contributed by atoms with van der Waals surface area (Å²) in [6, 6.07) is 5.54. The van der Waals surface area contributed by atoms with Gasteiger partial charge < -0.3 is 34.2 Å². The second-order valence-electron chi connectivity index (χ2n) is 12.0. The van der Waals surface area contributed by atoms with Crippen LogP contribution in [0, 0.1) is 11.0 Å². The van der Waals surface area contributed by atoms with Crippen molar-refractivity contribution in [2.45, 2.75) is 49.7 Å². The number of likely N-dealkylation sites (tertiary alicyclic amines) is 1. The first-order chi connectivity index (χ1) is 20.7. The van der Waals surface area contributed by atoms with E-state index in [0.29, 0.717) is 22.8 Å². The lowest BCUT2D eigenvalue weighted by atomic mass is 9.95. The molecule has 4 fully saturated rings. The lowest BCUT2D eigenvalue weighted by Gasteiger charge is -2.38. The number of hydrogen-bond acceptors (Lipinski definition) is 9. The second kappa shape index (κ2) is 12.2. The van der Waals surface area contributed by atoms with E-state index in [4.69, 9.17) is 14.2 Å². The van der Waals surface area contributed by atoms with Gasteiger partial charge in [-0.1, -0.05) is 42.9 Å². The van der Waals surface area contributed by atoms with Crippen molar-refractivity contribution in [3.8, 4) is 11.3 Å². The Bertz CT molecular complexity index is 1350. The van der Waals surface area contributed by atoms with E-state index in [9.17, 15) is 14.0 Å². The molecule has 232 valence electrons. The predicted molar refractivity (Wildman–Crippen MR) is 162 cm³/mol. The van der Waals surface area contributed by atoms with E-state index in [1.165, 1.54) is 0 Å². The molecule has 4 aliphatic rings. The van der Waals surface area contributed by atoms with Crippen LogP contribution in [-0.2, 0) is 19.0 Å². The average molecular weight is 614 g/mol. The maximum absolute atomic E-state index is 15.0. The first-order valence-electron chi connectivity index (χ1n) is 15.0. The van der Waals surface area contributed by atoms with Crippen LogP contribution in [0.25, 0.3) is 11.3 Å². The Balaban J connectivity index is 1.19. The highest BCUT2D eigenvalue weighted by Gasteiger charge is 2.60. The van der Waals surface area contributed by atoms with Crippen molar-refractivity contribution in [3.63, 3.8) is 0 Å². The van der Waals surface area contributed by atoms with E-state index in [0.717, 1.165) is 68.8 Å². The Morgan fingerprint density at radius 1 is 1.14 bits per heavy atom. The van der Waals surface area contributed by atoms with Gasteiger partial charge in [0.2, 0.25) is 16.8 Å². The smallest absolute Gasteiger partial charge is 0.251 e. The van der Waals surface area contributed by atoms with Gasteiger partial charge in [-0.15, -0.1) is 0 Å². The van der Waals surface area contributed by atoms with Crippen molar-refractivity contribution in [1.29, 1.82) is 0 Å². The summed E-state index contributed by atoms with van der Waals surface area (Å²) in [5.41, 5.74) is 2.07. The quantitative estimate of drug-likeness (QED) is 0.359. The molecule has 10 nitrogen and oxygen atoms in total. The van der Waals surface area contributed by atoms with Crippen LogP contribution in [0.1, 0.15) is 36.0 Å². The average Bonchev–Trinajstić information content (AvgIpc) is 3.82. The Morgan fingerprint density at radius 3 is 2.47 bits per heavy atom. The Labute approximate surface area is 255 Å². The van der Waals surface area contributed by atoms with Crippen molar-refractivity contribution in [1.82, 2.24) is 20.1 Å². The fourth-order valence-corrected chi connectivity index (χ4v) is 7.75. The number of thiazole rings is 1. The highest BCUT2D eigenvalue weighted by atomic mass is 32.1. The van der Waals surface area contributed by atoms with Gasteiger partial charge >= 0.3 is 0 Å². The molecule has 6 rings (SSSR count). The fraction of sp³-hybridized carbons (Fsp3) is 0.581. The maximum atomic E-state index is 15.0. The molecule has 1 saturated carbocycles. The molecule has 12 heteroatoms. The number of halogens is 1. The van der Waals surface area contributed by atoms with Gasteiger partial charge in [0.15, 0.2) is 5.13 Å². The Hall–Kier alpha value is -2.90. The summed E-state index contributed by atoms with van der Waals surface area (Å²) in [6.07, 6.45) is 3.34. The third-order valence-corrected chi connectivity index (χ3v) is 10.4. The van der Waals surface area contributed by atoms with Crippen LogP contribution >= 0.6 is 11.3 Å². The molecule has 0 bridgehead atoms. The third-order valence-electron chi connectivity index (χ3n) is 9.48. The van der Waals surface area contributed by atoms with Crippen LogP contribution in [0.5, 0.6) is 0 Å². The molecular weight excluding hydrogens is 573 g/mol. The molecule has 4 heterocycles. The SMILES string of the molecule is C=C1CN(C(=O)[C@@H](NC(=O)c2ccc(-c3nc(N4CCN(C)CC4)sc3F)cc2)C2CCCC2)[C@H]2[C@@H]1OCC2(OC)OC. The topological polar surface area (TPSA) is 96.5 Å². The van der Waals surface area contributed by atoms with Gasteiger partial charge in [0.25, 0.3) is 5.91 Å². The number of piperazine rings is 1. The molecule has 1 aromatic heterocycles. The zero-order chi connectivity index (χ0) is 30.3. The molecule has 3 atom stereocenters. The Kier molecular flexibility index (Phi) is 8.58. The zero-order valence-electron chi connectivity index (χ0n) is 25.0. The summed E-state index contributed by atoms with van der Waals surface area (Å²) < 4.78 is 32.4. The summed E-state index contributed by atoms with van der Waals surface area (Å²) in [5.74, 6) is -1.62. The van der Waals surface area contributed by atoms with Crippen LogP contribution in [0.2, 0.25) is 0 Å². The van der Waals surface area contributed by atoms with Gasteiger partial charge in [0, 0.05) is 58.1 Å². The number of benzene rings is 1. The molecule has 3 aliphatic heterocycles. The summed E-state index contributed by atoms with van der Waals surface area (Å²) in [6.45, 7) is 8.07. The number of fused-ring (bicyclic) bond motifs is 1. The third kappa shape index (κ3) is 5.59. The van der Waals surface area contributed by atoms with Crippen molar-refractivity contribution >= 4 is 28.3 Å². The van der Waals surface area contributed by atoms with Crippen molar-refractivity contribution in [2.75, 3.05) is 65.5 Å². The number of nitrogens with zero attached hydrogens (tertiary/aromatic N) is 4. The number of carbonyl (C=O) groups is 2. The molecule has 2 amide bonds. The van der Waals surface area contributed by atoms with Crippen LogP contribution in [0.3, 0.4) is 0 Å². The molecule has 1 aromatic carbocycles. The van der Waals surface area contributed by atoms with E-state index < -0.39 is 17.9 Å². The highest BCUT2D eigenvalue weighted by Crippen LogP contribution is 2.42. The summed E-state index contributed by atoms with van der Waals surface area (Å²) in [4.78, 5) is 38.4. The van der Waals surface area contributed by atoms with Gasteiger partial charge in [0.05, 0.1) is 0 Å². The molecule has 3 saturated heterocycles. The number of amides is 2. The van der Waals surface area contributed by atoms with Crippen molar-refractivity contribution < 1.29 is 28.2 Å². The van der Waals surface area contributed by atoms with Crippen LogP contribution in [0.4, 0.5) is 9.52 Å². The molecule has 0 radical (unpaired) electrons. The van der Waals surface area contributed by atoms with E-state index in [2.05, 4.69) is 33.7 Å². The normalized spacial score (nSPS) is 24.9. The number of anilines is 1. The minimum Gasteiger partial charge on any atom is -0.366 e. The number of carbonyl (C=O) groups excluding carboxylic acids is 2. The van der Waals surface area contributed by atoms with E-state index >= 15 is 0 Å². The first kappa shape index (κ1) is 30.1. The number of rotatable bonds is 8. The summed E-state index contributed by atoms with van der Waals surface area (Å²) in [7, 11) is 5.17. The minimum atomic E-state index is -1.10. The van der Waals surface area contributed by atoms with Crippen molar-refractivity contribution in [3.05, 3.63) is 47.1 Å². The van der Waals surface area contributed by atoms with Gasteiger partial charge in [-0.05, 0) is 43.5 Å². The van der Waals surface area contributed by atoms with Crippen molar-refractivity contribution in [2.24, 2.45) is 5.92 Å². The standard InChI is InChI=1S/C31H40FN5O5S/c1-19-17-37(26-25(19)42-18-31(26,40-3)41-4)29(39)24(20-7-5-6-8-20)33-28(38)22-11-9-21(10-12-22)23-27(32)43-30(34-23)36-15-13-35(2)14-16-36/h9-12,20,24-26H,1,5-8,13-18H2,2-4H3,(H,33,38)/t24-,25+,26-/m0/s1. The van der Waals surface area contributed by atoms with Gasteiger partial charge in [-0.25, -0.2) is 4.98 Å². The molecule has 0 spiro atoms. The van der Waals surface area contributed by atoms with Crippen LogP contribution in [-0.4, -0.2) is 111 Å². The number of methoxy groups -OCH3 is 2. The first-order valence-corrected chi connectivity index (χ1v) is 15.8. The minimum absolute atomic E-state index is 0.0157. The number of hydrogen-bond donors (Lipinski definition) is 1. The Morgan fingerprint density at radius 2 is 1.81 bits per heavy atom. The number of ether oxygens (including phenoxy) is 3. The summed E-state index contributed by atoms with van der Waals surface area (Å²) in [5, 5.41) is 3.38. The number of likely N-dealkylation sites (N-methyl/N-ethyl adjacent to an activating group) is 1. The van der Waals surface area contributed by atoms with E-state index in [1.54, 1.807) is 43.4 Å². The molecule has 0 unspecified atom stereocenters. The molecule has 2 aromatic rings. The van der Waals surface area contributed by atoms with Crippen LogP contribution in [0.15, 0.2) is 36.4 Å². The van der Waals surface area contributed by atoms with Gasteiger partial charge in [0.1, 0.15) is 30.5 Å². The lowest BCUT2D eigenvalue weighted by Crippen LogP contribution is -2.59. The molecule has 43 heavy (non-hydrogen) atoms. The second-order valence-corrected chi connectivity index (χ2v) is 12.9. The predicted octanol–water partition coefficient (Wildman–Crippen LogP) is 3.14. The summed E-state index contributed by atoms with van der Waals surface area (Å²) >= 11 is 1.05. The van der Waals surface area contributed by atoms with Gasteiger partial charge in [-0.3, -0.25) is 9.59 Å². The number of nitrogens with one attached hydrogen (secondary N) is 1. The molecule has 1 N–H and O–H groups in total. The largest absolute Gasteiger partial charge is 0.366 e. The zero-order valence-corrected chi connectivity index (χ0v) is 25.8. The molecule has 1 aliphatic carbocycles. The van der Waals surface area contributed by atoms with E-state index in [1.807, 2.05) is 0 Å². The fourth-order valence-electron chi connectivity index (χ4n) is 6.88. The maximum Gasteiger partial charge on any atom is 0.251 e. The lowest BCUT2D eigenvalue weighted by molar-refractivity contribution is -0.227. The number of aromatic nitrogens is 1. The highest BCUT2D eigenvalue weighted by molar-refractivity contribution is 7.14.